The van der Waals surface area contributed by atoms with Gasteiger partial charge in [-0.3, -0.25) is 0 Å². The Morgan fingerprint density at radius 2 is 2.00 bits per heavy atom. The lowest BCUT2D eigenvalue weighted by atomic mass is 9.66. The zero-order chi connectivity index (χ0) is 25.9. The number of nitrogens with zero attached hydrogens (tertiary/aromatic N) is 4. The van der Waals surface area contributed by atoms with Gasteiger partial charge in [-0.2, -0.15) is 23.3 Å². The van der Waals surface area contributed by atoms with Gasteiger partial charge in [0.15, 0.2) is 11.6 Å². The van der Waals surface area contributed by atoms with Crippen molar-refractivity contribution >= 4 is 23.7 Å². The number of aliphatic hydroxyl groups excluding tert-OH is 1. The maximum absolute atomic E-state index is 14.2. The SMILES string of the molecule is CC1(C)CC(Nc2cccc(C(F)(F)F)c2)CC(O)C1/C=N/Nc1ncc(F)c(N2CCOCC2)n1. The molecular formula is C24H30F4N6O2. The summed E-state index contributed by atoms with van der Waals surface area (Å²) in [5.41, 5.74) is 1.94. The molecule has 1 aliphatic heterocycles. The number of hydrogen-bond acceptors (Lipinski definition) is 8. The summed E-state index contributed by atoms with van der Waals surface area (Å²) in [6.45, 7) is 5.96. The van der Waals surface area contributed by atoms with Gasteiger partial charge in [0, 0.05) is 37.0 Å². The van der Waals surface area contributed by atoms with E-state index < -0.39 is 29.1 Å². The van der Waals surface area contributed by atoms with E-state index >= 15 is 0 Å². The Labute approximate surface area is 206 Å². The predicted octanol–water partition coefficient (Wildman–Crippen LogP) is 4.15. The van der Waals surface area contributed by atoms with Crippen LogP contribution in [0.5, 0.6) is 0 Å². The lowest BCUT2D eigenvalue weighted by Gasteiger charge is -2.44. The minimum absolute atomic E-state index is 0.126. The summed E-state index contributed by atoms with van der Waals surface area (Å²) < 4.78 is 58.6. The summed E-state index contributed by atoms with van der Waals surface area (Å²) in [6, 6.07) is 4.83. The van der Waals surface area contributed by atoms with Gasteiger partial charge in [-0.1, -0.05) is 19.9 Å². The van der Waals surface area contributed by atoms with E-state index in [1.54, 1.807) is 17.2 Å². The second-order valence-corrected chi connectivity index (χ2v) is 9.80. The number of nitrogens with one attached hydrogen (secondary N) is 2. The largest absolute Gasteiger partial charge is 0.416 e. The number of anilines is 3. The molecule has 3 unspecified atom stereocenters. The van der Waals surface area contributed by atoms with Crippen LogP contribution in [0.25, 0.3) is 0 Å². The van der Waals surface area contributed by atoms with Crippen LogP contribution in [0, 0.1) is 17.2 Å². The molecular weight excluding hydrogens is 480 g/mol. The molecule has 2 fully saturated rings. The highest BCUT2D eigenvalue weighted by Gasteiger charge is 2.42. The second-order valence-electron chi connectivity index (χ2n) is 9.80. The van der Waals surface area contributed by atoms with E-state index in [4.69, 9.17) is 4.74 Å². The first-order valence-electron chi connectivity index (χ1n) is 11.8. The van der Waals surface area contributed by atoms with Gasteiger partial charge in [-0.05, 0) is 36.5 Å². The van der Waals surface area contributed by atoms with Crippen molar-refractivity contribution in [3.8, 4) is 0 Å². The van der Waals surface area contributed by atoms with Crippen LogP contribution < -0.4 is 15.6 Å². The molecule has 2 heterocycles. The summed E-state index contributed by atoms with van der Waals surface area (Å²) in [5.74, 6) is -0.563. The minimum atomic E-state index is -4.42. The number of alkyl halides is 3. The molecule has 1 saturated heterocycles. The van der Waals surface area contributed by atoms with Gasteiger partial charge in [0.1, 0.15) is 0 Å². The van der Waals surface area contributed by atoms with Crippen molar-refractivity contribution in [1.82, 2.24) is 9.97 Å². The van der Waals surface area contributed by atoms with Crippen molar-refractivity contribution in [2.75, 3.05) is 41.9 Å². The fourth-order valence-electron chi connectivity index (χ4n) is 4.83. The fourth-order valence-corrected chi connectivity index (χ4v) is 4.83. The Morgan fingerprint density at radius 1 is 1.25 bits per heavy atom. The molecule has 3 N–H and O–H groups in total. The first-order valence-corrected chi connectivity index (χ1v) is 11.8. The molecule has 36 heavy (non-hydrogen) atoms. The number of hydrogen-bond donors (Lipinski definition) is 3. The lowest BCUT2D eigenvalue weighted by Crippen LogP contribution is -2.47. The predicted molar refractivity (Wildman–Crippen MR) is 129 cm³/mol. The summed E-state index contributed by atoms with van der Waals surface area (Å²) in [6.07, 6.45) is -1.59. The smallest absolute Gasteiger partial charge is 0.392 e. The van der Waals surface area contributed by atoms with E-state index in [2.05, 4.69) is 25.8 Å². The van der Waals surface area contributed by atoms with Crippen LogP contribution in [0.3, 0.4) is 0 Å². The Hall–Kier alpha value is -2.99. The summed E-state index contributed by atoms with van der Waals surface area (Å²) in [4.78, 5) is 9.94. The van der Waals surface area contributed by atoms with E-state index in [0.29, 0.717) is 44.8 Å². The maximum Gasteiger partial charge on any atom is 0.416 e. The average Bonchev–Trinajstić information content (AvgIpc) is 2.81. The molecule has 12 heteroatoms. The van der Waals surface area contributed by atoms with Crippen molar-refractivity contribution in [3.63, 3.8) is 0 Å². The van der Waals surface area contributed by atoms with Crippen LogP contribution in [-0.2, 0) is 10.9 Å². The molecule has 0 bridgehead atoms. The molecule has 3 atom stereocenters. The zero-order valence-corrected chi connectivity index (χ0v) is 20.1. The van der Waals surface area contributed by atoms with Gasteiger partial charge in [-0.15, -0.1) is 0 Å². The standard InChI is InChI=1S/C24H30F4N6O2/c1-23(2)12-17(31-16-5-3-4-15(10-16)24(26,27)28)11-20(35)18(23)13-30-33-22-29-14-19(25)21(32-22)34-6-8-36-9-7-34/h3-5,10,13-14,17-18,20,31,35H,6-9,11-12H2,1-2H3,(H,29,32,33)/b30-13+. The topological polar surface area (TPSA) is 94.9 Å². The van der Waals surface area contributed by atoms with Crippen molar-refractivity contribution < 1.29 is 27.4 Å². The van der Waals surface area contributed by atoms with Gasteiger partial charge in [0.05, 0.1) is 31.1 Å². The maximum atomic E-state index is 14.2. The van der Waals surface area contributed by atoms with Crippen LogP contribution in [0.4, 0.5) is 35.0 Å². The highest BCUT2D eigenvalue weighted by Crippen LogP contribution is 2.41. The summed E-state index contributed by atoms with van der Waals surface area (Å²) >= 11 is 0. The number of aliphatic hydroxyl groups is 1. The highest BCUT2D eigenvalue weighted by atomic mass is 19.4. The molecule has 4 rings (SSSR count). The Bertz CT molecular complexity index is 1070. The van der Waals surface area contributed by atoms with Gasteiger partial charge in [0.25, 0.3) is 0 Å². The number of benzene rings is 1. The minimum Gasteiger partial charge on any atom is -0.392 e. The molecule has 1 aromatic carbocycles. The Morgan fingerprint density at radius 3 is 2.69 bits per heavy atom. The molecule has 8 nitrogen and oxygen atoms in total. The summed E-state index contributed by atoms with van der Waals surface area (Å²) in [7, 11) is 0. The van der Waals surface area contributed by atoms with Gasteiger partial charge >= 0.3 is 6.18 Å². The van der Waals surface area contributed by atoms with Crippen LogP contribution in [0.1, 0.15) is 32.3 Å². The van der Waals surface area contributed by atoms with Crippen molar-refractivity contribution in [2.45, 2.75) is 45.0 Å². The number of ether oxygens (including phenoxy) is 1. The normalized spacial score (nSPS) is 24.6. The van der Waals surface area contributed by atoms with E-state index in [9.17, 15) is 22.7 Å². The molecule has 0 amide bonds. The Kier molecular flexibility index (Phi) is 7.65. The van der Waals surface area contributed by atoms with Crippen LogP contribution in [0.15, 0.2) is 35.6 Å². The number of morpholine rings is 1. The lowest BCUT2D eigenvalue weighted by molar-refractivity contribution is -0.137. The molecule has 2 aromatic rings. The second kappa shape index (κ2) is 10.6. The van der Waals surface area contributed by atoms with Gasteiger partial charge in [-0.25, -0.2) is 14.8 Å². The van der Waals surface area contributed by atoms with Gasteiger partial charge < -0.3 is 20.1 Å². The van der Waals surface area contributed by atoms with E-state index in [-0.39, 0.29) is 23.7 Å². The molecule has 0 radical (unpaired) electrons. The van der Waals surface area contributed by atoms with Crippen LogP contribution >= 0.6 is 0 Å². The van der Waals surface area contributed by atoms with E-state index in [0.717, 1.165) is 18.3 Å². The highest BCUT2D eigenvalue weighted by molar-refractivity contribution is 5.64. The fraction of sp³-hybridized carbons (Fsp3) is 0.542. The van der Waals surface area contributed by atoms with Crippen LogP contribution in [0.2, 0.25) is 0 Å². The van der Waals surface area contributed by atoms with Crippen molar-refractivity contribution in [1.29, 1.82) is 0 Å². The number of rotatable bonds is 6. The number of aromatic nitrogens is 2. The van der Waals surface area contributed by atoms with Crippen LogP contribution in [-0.4, -0.2) is 59.7 Å². The first kappa shape index (κ1) is 26.1. The first-order chi connectivity index (χ1) is 17.0. The van der Waals surface area contributed by atoms with Crippen molar-refractivity contribution in [3.05, 3.63) is 41.8 Å². The third-order valence-electron chi connectivity index (χ3n) is 6.61. The summed E-state index contributed by atoms with van der Waals surface area (Å²) in [5, 5.41) is 18.2. The van der Waals surface area contributed by atoms with E-state index in [1.165, 1.54) is 6.07 Å². The third kappa shape index (κ3) is 6.22. The Balaban J connectivity index is 1.39. The number of hydrazone groups is 1. The van der Waals surface area contributed by atoms with Crippen molar-refractivity contribution in [2.24, 2.45) is 16.4 Å². The quantitative estimate of drug-likeness (QED) is 0.305. The molecule has 1 aromatic heterocycles. The monoisotopic (exact) mass is 510 g/mol. The zero-order valence-electron chi connectivity index (χ0n) is 20.1. The molecule has 1 aliphatic carbocycles. The number of halogens is 4. The molecule has 196 valence electrons. The molecule has 1 saturated carbocycles. The van der Waals surface area contributed by atoms with E-state index in [1.807, 2.05) is 13.8 Å². The third-order valence-corrected chi connectivity index (χ3v) is 6.61. The average molecular weight is 511 g/mol. The molecule has 2 aliphatic rings. The van der Waals surface area contributed by atoms with Gasteiger partial charge in [0.2, 0.25) is 5.95 Å². The molecule has 0 spiro atoms.